The summed E-state index contributed by atoms with van der Waals surface area (Å²) in [5, 5.41) is 0. The molecule has 1 atom stereocenters. The Bertz CT molecular complexity index is 226. The molecular formula is C23H47ClO2. The Balaban J connectivity index is 0.00000106. The number of rotatable bonds is 19. The second-order valence-corrected chi connectivity index (χ2v) is 7.98. The Morgan fingerprint density at radius 3 is 1.27 bits per heavy atom. The van der Waals surface area contributed by atoms with E-state index >= 15 is 0 Å². The number of ether oxygens (including phenoxy) is 2. The van der Waals surface area contributed by atoms with Crippen LogP contribution < -0.4 is 0 Å². The molecule has 3 heteroatoms. The molecule has 0 saturated carbocycles. The van der Waals surface area contributed by atoms with Crippen LogP contribution in [0.2, 0.25) is 0 Å². The predicted molar refractivity (Wildman–Crippen MR) is 116 cm³/mol. The summed E-state index contributed by atoms with van der Waals surface area (Å²) in [6.45, 7) is 7.42. The quantitative estimate of drug-likeness (QED) is 0.127. The molecule has 0 amide bonds. The van der Waals surface area contributed by atoms with Gasteiger partial charge in [-0.25, -0.2) is 0 Å². The molecule has 0 aromatic carbocycles. The van der Waals surface area contributed by atoms with Crippen LogP contribution in [0.1, 0.15) is 117 Å². The maximum atomic E-state index is 5.72. The van der Waals surface area contributed by atoms with Crippen molar-refractivity contribution in [1.29, 1.82) is 0 Å². The standard InChI is InChI=1S/C20H42O.C3H5ClO/c1-3-5-7-9-11-13-15-17-19-21-20-18-16-14-12-10-8-6-4-2;4-1-3-2-5-3/h3-20H2,1-2H3;3H,1-2H2. The van der Waals surface area contributed by atoms with Crippen LogP contribution in [0, 0.1) is 0 Å². The normalized spacial score (nSPS) is 15.6. The highest BCUT2D eigenvalue weighted by Crippen LogP contribution is 2.10. The lowest BCUT2D eigenvalue weighted by Gasteiger charge is -2.05. The first kappa shape index (κ1) is 26.2. The number of hydrogen-bond acceptors (Lipinski definition) is 2. The third-order valence-corrected chi connectivity index (χ3v) is 5.20. The fourth-order valence-electron chi connectivity index (χ4n) is 2.94. The zero-order valence-corrected chi connectivity index (χ0v) is 18.7. The van der Waals surface area contributed by atoms with E-state index < -0.39 is 0 Å². The number of halogens is 1. The van der Waals surface area contributed by atoms with Crippen LogP contribution >= 0.6 is 11.6 Å². The van der Waals surface area contributed by atoms with Gasteiger partial charge in [-0.1, -0.05) is 104 Å². The highest BCUT2D eigenvalue weighted by atomic mass is 35.5. The fourth-order valence-corrected chi connectivity index (χ4v) is 3.11. The van der Waals surface area contributed by atoms with Gasteiger partial charge in [0.05, 0.1) is 18.6 Å². The molecule has 1 aliphatic rings. The van der Waals surface area contributed by atoms with Crippen LogP contribution in [-0.2, 0) is 9.47 Å². The predicted octanol–water partition coefficient (Wildman–Crippen LogP) is 7.91. The van der Waals surface area contributed by atoms with Gasteiger partial charge >= 0.3 is 0 Å². The first-order valence-corrected chi connectivity index (χ1v) is 12.1. The van der Waals surface area contributed by atoms with E-state index in [0.717, 1.165) is 19.8 Å². The lowest BCUT2D eigenvalue weighted by atomic mass is 10.1. The van der Waals surface area contributed by atoms with Crippen molar-refractivity contribution in [3.63, 3.8) is 0 Å². The van der Waals surface area contributed by atoms with Gasteiger partial charge in [0.25, 0.3) is 0 Å². The summed E-state index contributed by atoms with van der Waals surface area (Å²) in [4.78, 5) is 0. The van der Waals surface area contributed by atoms with Crippen LogP contribution in [-0.4, -0.2) is 31.8 Å². The summed E-state index contributed by atoms with van der Waals surface area (Å²) in [6.07, 6.45) is 22.6. The molecule has 158 valence electrons. The third kappa shape index (κ3) is 24.2. The van der Waals surface area contributed by atoms with E-state index in [1.807, 2.05) is 0 Å². The largest absolute Gasteiger partial charge is 0.381 e. The van der Waals surface area contributed by atoms with E-state index in [1.54, 1.807) is 0 Å². The van der Waals surface area contributed by atoms with Gasteiger partial charge in [0.1, 0.15) is 0 Å². The van der Waals surface area contributed by atoms with Gasteiger partial charge in [-0.05, 0) is 12.8 Å². The monoisotopic (exact) mass is 390 g/mol. The van der Waals surface area contributed by atoms with Gasteiger partial charge in [-0.15, -0.1) is 11.6 Å². The first-order chi connectivity index (χ1) is 12.8. The van der Waals surface area contributed by atoms with E-state index in [0.29, 0.717) is 12.0 Å². The highest BCUT2D eigenvalue weighted by Gasteiger charge is 2.19. The molecular weight excluding hydrogens is 344 g/mol. The SMILES string of the molecule is CCCCCCCCCCOCCCCCCCCCC.ClCC1CO1. The minimum atomic E-state index is 0.400. The molecule has 0 spiro atoms. The maximum Gasteiger partial charge on any atom is 0.0944 e. The maximum absolute atomic E-state index is 5.72. The van der Waals surface area contributed by atoms with Crippen molar-refractivity contribution in [2.75, 3.05) is 25.7 Å². The van der Waals surface area contributed by atoms with E-state index in [9.17, 15) is 0 Å². The molecule has 0 aliphatic carbocycles. The van der Waals surface area contributed by atoms with Crippen molar-refractivity contribution < 1.29 is 9.47 Å². The van der Waals surface area contributed by atoms with E-state index in [4.69, 9.17) is 21.1 Å². The average molecular weight is 391 g/mol. The van der Waals surface area contributed by atoms with Gasteiger partial charge < -0.3 is 9.47 Å². The molecule has 0 aromatic heterocycles. The van der Waals surface area contributed by atoms with E-state index in [2.05, 4.69) is 13.8 Å². The number of hydrogen-bond donors (Lipinski definition) is 0. The molecule has 1 saturated heterocycles. The number of epoxide rings is 1. The van der Waals surface area contributed by atoms with Gasteiger partial charge in [0.2, 0.25) is 0 Å². The molecule has 1 unspecified atom stereocenters. The molecule has 1 heterocycles. The zero-order valence-electron chi connectivity index (χ0n) is 17.9. The lowest BCUT2D eigenvalue weighted by Crippen LogP contribution is -1.97. The second-order valence-electron chi connectivity index (χ2n) is 7.67. The number of alkyl halides is 1. The fraction of sp³-hybridized carbons (Fsp3) is 1.00. The first-order valence-electron chi connectivity index (χ1n) is 11.6. The van der Waals surface area contributed by atoms with Crippen LogP contribution in [0.4, 0.5) is 0 Å². The smallest absolute Gasteiger partial charge is 0.0944 e. The lowest BCUT2D eigenvalue weighted by molar-refractivity contribution is 0.125. The van der Waals surface area contributed by atoms with E-state index in [-0.39, 0.29) is 0 Å². The number of unbranched alkanes of at least 4 members (excludes halogenated alkanes) is 14. The molecule has 1 rings (SSSR count). The molecule has 0 N–H and O–H groups in total. The Kier molecular flexibility index (Phi) is 23.4. The molecule has 1 aliphatic heterocycles. The average Bonchev–Trinajstić information content (AvgIpc) is 3.49. The Morgan fingerprint density at radius 1 is 0.654 bits per heavy atom. The third-order valence-electron chi connectivity index (χ3n) is 4.86. The highest BCUT2D eigenvalue weighted by molar-refractivity contribution is 6.18. The van der Waals surface area contributed by atoms with Crippen molar-refractivity contribution in [2.45, 2.75) is 123 Å². The molecule has 26 heavy (non-hydrogen) atoms. The van der Waals surface area contributed by atoms with Gasteiger partial charge in [-0.2, -0.15) is 0 Å². The minimum Gasteiger partial charge on any atom is -0.381 e. The van der Waals surface area contributed by atoms with Crippen LogP contribution in [0.25, 0.3) is 0 Å². The summed E-state index contributed by atoms with van der Waals surface area (Å²) in [7, 11) is 0. The Labute approximate surface area is 169 Å². The van der Waals surface area contributed by atoms with Crippen LogP contribution in [0.3, 0.4) is 0 Å². The van der Waals surface area contributed by atoms with Crippen molar-refractivity contribution in [3.05, 3.63) is 0 Å². The molecule has 0 radical (unpaired) electrons. The molecule has 0 bridgehead atoms. The summed E-state index contributed by atoms with van der Waals surface area (Å²) in [5.41, 5.74) is 0. The van der Waals surface area contributed by atoms with Crippen LogP contribution in [0.5, 0.6) is 0 Å². The van der Waals surface area contributed by atoms with Gasteiger partial charge in [0.15, 0.2) is 0 Å². The Morgan fingerprint density at radius 2 is 1.00 bits per heavy atom. The Hall–Kier alpha value is 0.210. The van der Waals surface area contributed by atoms with Crippen molar-refractivity contribution in [3.8, 4) is 0 Å². The molecule has 2 nitrogen and oxygen atoms in total. The second kappa shape index (κ2) is 23.2. The minimum absolute atomic E-state index is 0.400. The summed E-state index contributed by atoms with van der Waals surface area (Å²) < 4.78 is 10.4. The van der Waals surface area contributed by atoms with E-state index in [1.165, 1.54) is 103 Å². The molecule has 1 fully saturated rings. The summed E-state index contributed by atoms with van der Waals surface area (Å²) in [6, 6.07) is 0. The van der Waals surface area contributed by atoms with Crippen LogP contribution in [0.15, 0.2) is 0 Å². The summed E-state index contributed by atoms with van der Waals surface area (Å²) >= 11 is 5.27. The topological polar surface area (TPSA) is 21.8 Å². The molecule has 0 aromatic rings. The van der Waals surface area contributed by atoms with Crippen molar-refractivity contribution in [2.24, 2.45) is 0 Å². The van der Waals surface area contributed by atoms with Crippen molar-refractivity contribution in [1.82, 2.24) is 0 Å². The summed E-state index contributed by atoms with van der Waals surface area (Å²) in [5.74, 6) is 0.667. The zero-order chi connectivity index (χ0) is 19.1. The van der Waals surface area contributed by atoms with Crippen molar-refractivity contribution >= 4 is 11.6 Å². The van der Waals surface area contributed by atoms with Gasteiger partial charge in [0, 0.05) is 13.2 Å². The van der Waals surface area contributed by atoms with Gasteiger partial charge in [-0.3, -0.25) is 0 Å².